The van der Waals surface area contributed by atoms with Gasteiger partial charge >= 0.3 is 0 Å². The molecule has 7 nitrogen and oxygen atoms in total. The molecule has 1 atom stereocenters. The summed E-state index contributed by atoms with van der Waals surface area (Å²) in [6.07, 6.45) is 4.17. The molecule has 182 valence electrons. The van der Waals surface area contributed by atoms with Gasteiger partial charge in [0.25, 0.3) is 0 Å². The van der Waals surface area contributed by atoms with Gasteiger partial charge in [-0.1, -0.05) is 6.92 Å². The molecule has 2 amide bonds. The van der Waals surface area contributed by atoms with Crippen molar-refractivity contribution in [2.45, 2.75) is 46.0 Å². The molecule has 4 rings (SSSR count). The Morgan fingerprint density at radius 2 is 1.85 bits per heavy atom. The highest BCUT2D eigenvalue weighted by Crippen LogP contribution is 2.41. The molecule has 34 heavy (non-hydrogen) atoms. The minimum Gasteiger partial charge on any atom is -0.494 e. The van der Waals surface area contributed by atoms with Gasteiger partial charge in [-0.25, -0.2) is 0 Å². The van der Waals surface area contributed by atoms with E-state index in [0.717, 1.165) is 30.6 Å². The van der Waals surface area contributed by atoms with E-state index in [1.807, 2.05) is 24.0 Å². The number of rotatable bonds is 8. The van der Waals surface area contributed by atoms with E-state index in [9.17, 15) is 14.4 Å². The number of amides is 2. The second-order valence-electron chi connectivity index (χ2n) is 9.34. The number of nitrogens with zero attached hydrogens (tertiary/aromatic N) is 1. The van der Waals surface area contributed by atoms with Crippen LogP contribution in [0.25, 0.3) is 0 Å². The summed E-state index contributed by atoms with van der Waals surface area (Å²) in [4.78, 5) is 41.2. The standard InChI is InChI=1S/C26H33N3O4S/c1-3-33-19-7-5-17(6-8-19)24(31)23-20-9-4-16(2)14-21(20)34-26(23)28-22(30)15-29-12-10-18(11-13-29)25(27)32/h5-8,16,18H,3-4,9-15H2,1-2H3,(H2,27,32)(H,28,30)/t16-/m0/s1. The fourth-order valence-corrected chi connectivity index (χ4v) is 6.26. The van der Waals surface area contributed by atoms with E-state index >= 15 is 0 Å². The quantitative estimate of drug-likeness (QED) is 0.558. The Bertz CT molecular complexity index is 1050. The summed E-state index contributed by atoms with van der Waals surface area (Å²) in [5, 5.41) is 3.70. The predicted molar refractivity (Wildman–Crippen MR) is 134 cm³/mol. The van der Waals surface area contributed by atoms with Crippen molar-refractivity contribution in [3.63, 3.8) is 0 Å². The van der Waals surface area contributed by atoms with E-state index in [1.54, 1.807) is 12.1 Å². The summed E-state index contributed by atoms with van der Waals surface area (Å²) < 4.78 is 5.51. The first kappa shape index (κ1) is 24.4. The highest BCUT2D eigenvalue weighted by Gasteiger charge is 2.30. The van der Waals surface area contributed by atoms with Gasteiger partial charge in [-0.2, -0.15) is 0 Å². The van der Waals surface area contributed by atoms with Crippen LogP contribution in [-0.4, -0.2) is 48.7 Å². The van der Waals surface area contributed by atoms with Crippen LogP contribution in [0.15, 0.2) is 24.3 Å². The lowest BCUT2D eigenvalue weighted by molar-refractivity contribution is -0.123. The molecule has 0 radical (unpaired) electrons. The topological polar surface area (TPSA) is 102 Å². The molecule has 1 saturated heterocycles. The number of fused-ring (bicyclic) bond motifs is 1. The van der Waals surface area contributed by atoms with Crippen molar-refractivity contribution in [2.75, 3.05) is 31.6 Å². The molecular weight excluding hydrogens is 450 g/mol. The Morgan fingerprint density at radius 1 is 1.15 bits per heavy atom. The summed E-state index contributed by atoms with van der Waals surface area (Å²) >= 11 is 1.54. The van der Waals surface area contributed by atoms with Crippen molar-refractivity contribution in [1.29, 1.82) is 0 Å². The van der Waals surface area contributed by atoms with E-state index in [2.05, 4.69) is 12.2 Å². The summed E-state index contributed by atoms with van der Waals surface area (Å²) in [6.45, 7) is 6.28. The minimum atomic E-state index is -0.264. The normalized spacial score (nSPS) is 18.8. The van der Waals surface area contributed by atoms with Gasteiger partial charge in [0.15, 0.2) is 5.78 Å². The predicted octanol–water partition coefficient (Wildman–Crippen LogP) is 3.64. The van der Waals surface area contributed by atoms with Crippen molar-refractivity contribution < 1.29 is 19.1 Å². The third kappa shape index (κ3) is 5.50. The van der Waals surface area contributed by atoms with Gasteiger partial charge in [0.05, 0.1) is 18.7 Å². The van der Waals surface area contributed by atoms with Crippen LogP contribution in [0.5, 0.6) is 5.75 Å². The summed E-state index contributed by atoms with van der Waals surface area (Å²) in [6, 6.07) is 7.20. The number of primary amides is 1. The van der Waals surface area contributed by atoms with Gasteiger partial charge in [0, 0.05) is 16.4 Å². The SMILES string of the molecule is CCOc1ccc(C(=O)c2c(NC(=O)CN3CCC(C(N)=O)CC3)sc3c2CC[C@H](C)C3)cc1. The maximum atomic E-state index is 13.6. The zero-order valence-electron chi connectivity index (χ0n) is 19.9. The fourth-order valence-electron chi connectivity index (χ4n) is 4.84. The van der Waals surface area contributed by atoms with E-state index in [1.165, 1.54) is 16.2 Å². The maximum Gasteiger partial charge on any atom is 0.239 e. The molecule has 1 aromatic heterocycles. The first-order chi connectivity index (χ1) is 16.4. The molecule has 2 aromatic rings. The third-order valence-electron chi connectivity index (χ3n) is 6.78. The smallest absolute Gasteiger partial charge is 0.239 e. The highest BCUT2D eigenvalue weighted by atomic mass is 32.1. The van der Waals surface area contributed by atoms with Crippen LogP contribution < -0.4 is 15.8 Å². The first-order valence-corrected chi connectivity index (χ1v) is 12.9. The number of piperidine rings is 1. The number of ketones is 1. The molecule has 1 aliphatic carbocycles. The van der Waals surface area contributed by atoms with Crippen LogP contribution >= 0.6 is 11.3 Å². The molecule has 1 aliphatic heterocycles. The number of ether oxygens (including phenoxy) is 1. The van der Waals surface area contributed by atoms with Crippen molar-refractivity contribution in [2.24, 2.45) is 17.6 Å². The number of nitrogens with two attached hydrogens (primary N) is 1. The average Bonchev–Trinajstić information content (AvgIpc) is 3.16. The third-order valence-corrected chi connectivity index (χ3v) is 7.95. The average molecular weight is 484 g/mol. The summed E-state index contributed by atoms with van der Waals surface area (Å²) in [5.74, 6) is 0.727. The fraction of sp³-hybridized carbons (Fsp3) is 0.500. The lowest BCUT2D eigenvalue weighted by atomic mass is 9.86. The van der Waals surface area contributed by atoms with Crippen LogP contribution in [0.2, 0.25) is 0 Å². The van der Waals surface area contributed by atoms with Crippen molar-refractivity contribution in [1.82, 2.24) is 4.90 Å². The first-order valence-electron chi connectivity index (χ1n) is 12.1. The number of likely N-dealkylation sites (tertiary alicyclic amines) is 1. The number of hydrogen-bond donors (Lipinski definition) is 2. The molecule has 2 aliphatic rings. The monoisotopic (exact) mass is 483 g/mol. The lowest BCUT2D eigenvalue weighted by Crippen LogP contribution is -2.42. The van der Waals surface area contributed by atoms with Gasteiger partial charge in [-0.05, 0) is 87.9 Å². The number of hydrogen-bond acceptors (Lipinski definition) is 6. The Labute approximate surface area is 204 Å². The molecule has 0 spiro atoms. The van der Waals surface area contributed by atoms with Crippen LogP contribution in [0.3, 0.4) is 0 Å². The molecule has 3 N–H and O–H groups in total. The molecule has 0 unspecified atom stereocenters. The Morgan fingerprint density at radius 3 is 2.50 bits per heavy atom. The van der Waals surface area contributed by atoms with Crippen LogP contribution in [0.1, 0.15) is 59.5 Å². The minimum absolute atomic E-state index is 0.0623. The van der Waals surface area contributed by atoms with Gasteiger partial charge in [-0.3, -0.25) is 19.3 Å². The molecular formula is C26H33N3O4S. The summed E-state index contributed by atoms with van der Waals surface area (Å²) in [5.41, 5.74) is 7.72. The van der Waals surface area contributed by atoms with Gasteiger partial charge in [0.2, 0.25) is 11.8 Å². The second-order valence-corrected chi connectivity index (χ2v) is 10.4. The number of carbonyl (C=O) groups excluding carboxylic acids is 3. The van der Waals surface area contributed by atoms with Crippen molar-refractivity contribution in [3.8, 4) is 5.75 Å². The van der Waals surface area contributed by atoms with Gasteiger partial charge < -0.3 is 15.8 Å². The van der Waals surface area contributed by atoms with Gasteiger partial charge in [0.1, 0.15) is 10.8 Å². The molecule has 0 bridgehead atoms. The number of nitrogens with one attached hydrogen (secondary N) is 1. The van der Waals surface area contributed by atoms with Crippen LogP contribution in [0, 0.1) is 11.8 Å². The molecule has 1 fully saturated rings. The second kappa shape index (κ2) is 10.7. The van der Waals surface area contributed by atoms with E-state index in [4.69, 9.17) is 10.5 Å². The van der Waals surface area contributed by atoms with Crippen LogP contribution in [0.4, 0.5) is 5.00 Å². The molecule has 2 heterocycles. The van der Waals surface area contributed by atoms with E-state index in [-0.39, 0.29) is 30.1 Å². The van der Waals surface area contributed by atoms with Crippen LogP contribution in [-0.2, 0) is 22.4 Å². The Hall–Kier alpha value is -2.71. The molecule has 8 heteroatoms. The molecule has 1 aromatic carbocycles. The van der Waals surface area contributed by atoms with Crippen molar-refractivity contribution >= 4 is 33.9 Å². The number of thiophene rings is 1. The van der Waals surface area contributed by atoms with Crippen molar-refractivity contribution in [3.05, 3.63) is 45.8 Å². The zero-order chi connectivity index (χ0) is 24.2. The van der Waals surface area contributed by atoms with Gasteiger partial charge in [-0.15, -0.1) is 11.3 Å². The number of benzene rings is 1. The lowest BCUT2D eigenvalue weighted by Gasteiger charge is -2.29. The summed E-state index contributed by atoms with van der Waals surface area (Å²) in [7, 11) is 0. The number of anilines is 1. The molecule has 0 saturated carbocycles. The highest BCUT2D eigenvalue weighted by molar-refractivity contribution is 7.17. The van der Waals surface area contributed by atoms with E-state index < -0.39 is 0 Å². The Kier molecular flexibility index (Phi) is 7.68. The zero-order valence-corrected chi connectivity index (χ0v) is 20.7. The number of carbonyl (C=O) groups is 3. The Balaban J connectivity index is 1.52. The largest absolute Gasteiger partial charge is 0.494 e. The van der Waals surface area contributed by atoms with E-state index in [0.29, 0.717) is 54.6 Å². The maximum absolute atomic E-state index is 13.6.